The van der Waals surface area contributed by atoms with Gasteiger partial charge in [-0.2, -0.15) is 0 Å². The van der Waals surface area contributed by atoms with Crippen molar-refractivity contribution in [3.63, 3.8) is 0 Å². The number of fused-ring (bicyclic) bond motifs is 3. The topological polar surface area (TPSA) is 98.4 Å². The molecule has 1 aliphatic carbocycles. The molecule has 0 saturated heterocycles. The zero-order chi connectivity index (χ0) is 28.4. The van der Waals surface area contributed by atoms with E-state index in [2.05, 4.69) is 67.3 Å². The van der Waals surface area contributed by atoms with E-state index in [9.17, 15) is 9.59 Å². The van der Waals surface area contributed by atoms with Crippen LogP contribution in [0.5, 0.6) is 0 Å². The zero-order valence-electron chi connectivity index (χ0n) is 23.8. The van der Waals surface area contributed by atoms with Crippen molar-refractivity contribution in [2.24, 2.45) is 0 Å². The molecule has 10 heteroatoms. The lowest BCUT2D eigenvalue weighted by Gasteiger charge is -2.35. The Bertz CT molecular complexity index is 1030. The van der Waals surface area contributed by atoms with Gasteiger partial charge in [0.25, 0.3) is 8.53 Å². The average Bonchev–Trinajstić information content (AvgIpc) is 3.23. The first-order valence-electron chi connectivity index (χ1n) is 13.4. The van der Waals surface area contributed by atoms with Gasteiger partial charge in [0, 0.05) is 45.2 Å². The number of methoxy groups -OCH3 is 1. The molecule has 0 fully saturated rings. The van der Waals surface area contributed by atoms with Crippen LogP contribution in [-0.4, -0.2) is 75.4 Å². The molecule has 2 N–H and O–H groups in total. The summed E-state index contributed by atoms with van der Waals surface area (Å²) in [6, 6.07) is 16.5. The summed E-state index contributed by atoms with van der Waals surface area (Å²) in [6.45, 7) is 9.29. The van der Waals surface area contributed by atoms with Gasteiger partial charge in [0.2, 0.25) is 5.91 Å². The summed E-state index contributed by atoms with van der Waals surface area (Å²) in [7, 11) is 1.93. The fourth-order valence-corrected chi connectivity index (χ4v) is 6.39. The molecule has 2 aromatic rings. The van der Waals surface area contributed by atoms with Gasteiger partial charge in [-0.25, -0.2) is 9.46 Å². The van der Waals surface area contributed by atoms with Crippen molar-refractivity contribution in [2.75, 3.05) is 40.6 Å². The van der Waals surface area contributed by atoms with Crippen LogP contribution in [0.4, 0.5) is 4.79 Å². The molecule has 0 spiro atoms. The molecule has 9 nitrogen and oxygen atoms in total. The van der Waals surface area contributed by atoms with E-state index in [0.29, 0.717) is 6.61 Å². The molecule has 2 unspecified atom stereocenters. The molecule has 2 amide bonds. The first-order chi connectivity index (χ1) is 18.8. The third kappa shape index (κ3) is 8.47. The summed E-state index contributed by atoms with van der Waals surface area (Å²) in [6.07, 6.45) is -0.442. The van der Waals surface area contributed by atoms with E-state index in [1.807, 2.05) is 24.3 Å². The number of carbonyl (C=O) groups excluding carboxylic acids is 2. The smallest absolute Gasteiger partial charge is 0.407 e. The van der Waals surface area contributed by atoms with E-state index in [-0.39, 0.29) is 56.1 Å². The highest BCUT2D eigenvalue weighted by Crippen LogP contribution is 2.45. The van der Waals surface area contributed by atoms with Crippen molar-refractivity contribution in [1.82, 2.24) is 15.3 Å². The normalized spacial score (nSPS) is 14.3. The van der Waals surface area contributed by atoms with Crippen LogP contribution in [0.3, 0.4) is 0 Å². The highest BCUT2D eigenvalue weighted by molar-refractivity contribution is 7.44. The number of rotatable bonds is 15. The Labute approximate surface area is 233 Å². The van der Waals surface area contributed by atoms with Crippen LogP contribution >= 0.6 is 8.53 Å². The molecule has 0 saturated carbocycles. The van der Waals surface area contributed by atoms with E-state index in [0.717, 1.165) is 11.1 Å². The first-order valence-corrected chi connectivity index (χ1v) is 14.5. The number of amides is 2. The fraction of sp³-hybridized carbons (Fsp3) is 0.517. The van der Waals surface area contributed by atoms with Gasteiger partial charge in [0.15, 0.2) is 0 Å². The quantitative estimate of drug-likeness (QED) is 0.295. The largest absolute Gasteiger partial charge is 0.449 e. The van der Waals surface area contributed by atoms with E-state index < -0.39 is 14.6 Å². The summed E-state index contributed by atoms with van der Waals surface area (Å²) in [4.78, 5) is 25.0. The molecule has 0 heterocycles. The third-order valence-corrected chi connectivity index (χ3v) is 8.47. The van der Waals surface area contributed by atoms with Crippen LogP contribution in [0.25, 0.3) is 11.1 Å². The van der Waals surface area contributed by atoms with Crippen molar-refractivity contribution in [3.05, 3.63) is 59.7 Å². The maximum atomic E-state index is 12.6. The van der Waals surface area contributed by atoms with Crippen molar-refractivity contribution < 1.29 is 28.1 Å². The second kappa shape index (κ2) is 15.3. The molecule has 39 heavy (non-hydrogen) atoms. The van der Waals surface area contributed by atoms with Gasteiger partial charge in [0.05, 0.1) is 19.3 Å². The fourth-order valence-electron chi connectivity index (χ4n) is 4.90. The predicted molar refractivity (Wildman–Crippen MR) is 153 cm³/mol. The van der Waals surface area contributed by atoms with E-state index >= 15 is 0 Å². The molecule has 0 aliphatic heterocycles. The SMILES string of the molecule is COCC(COP(OC)N(C(C)C)C(C)C)NC(=O)CCNC(=O)OCC1c2ccccc2-c2ccccc21. The van der Waals surface area contributed by atoms with Gasteiger partial charge >= 0.3 is 6.09 Å². The van der Waals surface area contributed by atoms with Gasteiger partial charge in [-0.3, -0.25) is 4.79 Å². The Balaban J connectivity index is 1.43. The monoisotopic (exact) mass is 559 g/mol. The van der Waals surface area contributed by atoms with Crippen molar-refractivity contribution in [3.8, 4) is 11.1 Å². The Morgan fingerprint density at radius 1 is 0.923 bits per heavy atom. The van der Waals surface area contributed by atoms with Gasteiger partial charge in [0.1, 0.15) is 6.61 Å². The Kier molecular flexibility index (Phi) is 12.2. The number of benzene rings is 2. The third-order valence-electron chi connectivity index (χ3n) is 6.49. The van der Waals surface area contributed by atoms with Crippen LogP contribution in [-0.2, 0) is 23.3 Å². The molecule has 0 bridgehead atoms. The maximum Gasteiger partial charge on any atom is 0.407 e. The maximum absolute atomic E-state index is 12.6. The summed E-state index contributed by atoms with van der Waals surface area (Å²) >= 11 is 0. The molecule has 2 atom stereocenters. The van der Waals surface area contributed by atoms with E-state index in [4.69, 9.17) is 18.5 Å². The zero-order valence-corrected chi connectivity index (χ0v) is 24.7. The van der Waals surface area contributed by atoms with Gasteiger partial charge < -0.3 is 29.2 Å². The molecule has 214 valence electrons. The minimum Gasteiger partial charge on any atom is -0.449 e. The molecule has 1 aliphatic rings. The van der Waals surface area contributed by atoms with Gasteiger partial charge in [-0.15, -0.1) is 0 Å². The summed E-state index contributed by atoms with van der Waals surface area (Å²) in [5.41, 5.74) is 4.65. The van der Waals surface area contributed by atoms with Crippen LogP contribution in [0.1, 0.15) is 51.2 Å². The minimum atomic E-state index is -1.28. The Hall–Kier alpha value is -2.55. The number of nitrogens with one attached hydrogen (secondary N) is 2. The van der Waals surface area contributed by atoms with E-state index in [1.54, 1.807) is 14.2 Å². The summed E-state index contributed by atoms with van der Waals surface area (Å²) in [5, 5.41) is 5.60. The van der Waals surface area contributed by atoms with E-state index in [1.165, 1.54) is 11.1 Å². The number of nitrogens with zero attached hydrogens (tertiary/aromatic N) is 1. The lowest BCUT2D eigenvalue weighted by atomic mass is 9.98. The number of carbonyl (C=O) groups is 2. The summed E-state index contributed by atoms with van der Waals surface area (Å²) < 4.78 is 24.6. The molecule has 0 aromatic heterocycles. The van der Waals surface area contributed by atoms with Crippen LogP contribution < -0.4 is 10.6 Å². The molecule has 3 rings (SSSR count). The van der Waals surface area contributed by atoms with Crippen molar-refractivity contribution in [1.29, 1.82) is 0 Å². The van der Waals surface area contributed by atoms with Gasteiger partial charge in [-0.1, -0.05) is 48.5 Å². The number of hydrogen-bond acceptors (Lipinski definition) is 7. The molecule has 2 aromatic carbocycles. The lowest BCUT2D eigenvalue weighted by molar-refractivity contribution is -0.122. The second-order valence-corrected chi connectivity index (χ2v) is 11.6. The molecular weight excluding hydrogens is 517 g/mol. The highest BCUT2D eigenvalue weighted by atomic mass is 31.2. The standard InChI is InChI=1S/C29H42N3O6P/c1-20(2)32(21(3)4)39(36-6)38-18-22(17-35-5)31-28(33)15-16-30-29(34)37-19-27-25-13-9-7-11-23(25)24-12-8-10-14-26(24)27/h7-14,20-22,27H,15-19H2,1-6H3,(H,30,34)(H,31,33). The van der Waals surface area contributed by atoms with Crippen molar-refractivity contribution in [2.45, 2.75) is 58.2 Å². The number of alkyl carbamates (subject to hydrolysis) is 1. The second-order valence-electron chi connectivity index (χ2n) is 10.0. The number of ether oxygens (including phenoxy) is 2. The predicted octanol–water partition coefficient (Wildman–Crippen LogP) is 5.06. The Morgan fingerprint density at radius 3 is 2.05 bits per heavy atom. The lowest BCUT2D eigenvalue weighted by Crippen LogP contribution is -2.43. The summed E-state index contributed by atoms with van der Waals surface area (Å²) in [5.74, 6) is -0.230. The molecule has 0 radical (unpaired) electrons. The first kappa shape index (κ1) is 31.0. The Morgan fingerprint density at radius 2 is 1.51 bits per heavy atom. The highest BCUT2D eigenvalue weighted by Gasteiger charge is 2.29. The van der Waals surface area contributed by atoms with Crippen LogP contribution in [0, 0.1) is 0 Å². The van der Waals surface area contributed by atoms with Crippen LogP contribution in [0.15, 0.2) is 48.5 Å². The average molecular weight is 560 g/mol. The van der Waals surface area contributed by atoms with Gasteiger partial charge in [-0.05, 0) is 49.9 Å². The number of hydrogen-bond donors (Lipinski definition) is 2. The van der Waals surface area contributed by atoms with Crippen LogP contribution in [0.2, 0.25) is 0 Å². The minimum absolute atomic E-state index is 0.0128. The molecular formula is C29H42N3O6P. The van der Waals surface area contributed by atoms with Crippen molar-refractivity contribution >= 4 is 20.5 Å².